The van der Waals surface area contributed by atoms with Crippen LogP contribution in [0.3, 0.4) is 0 Å². The van der Waals surface area contributed by atoms with Crippen molar-refractivity contribution in [2.45, 2.75) is 84.6 Å². The lowest BCUT2D eigenvalue weighted by Gasteiger charge is -2.31. The first-order valence-electron chi connectivity index (χ1n) is 9.76. The topological polar surface area (TPSA) is 91.8 Å². The molecular weight excluding hydrogens is 378 g/mol. The summed E-state index contributed by atoms with van der Waals surface area (Å²) < 4.78 is 5.46. The van der Waals surface area contributed by atoms with Gasteiger partial charge in [0.25, 0.3) is 5.91 Å². The number of hydrogen-bond donors (Lipinski definition) is 2. The maximum Gasteiger partial charge on any atom is 0.251 e. The molecule has 0 spiro atoms. The quantitative estimate of drug-likeness (QED) is 0.582. The fourth-order valence-electron chi connectivity index (χ4n) is 2.76. The van der Waals surface area contributed by atoms with Crippen molar-refractivity contribution < 1.29 is 19.4 Å². The molecule has 28 heavy (non-hydrogen) atoms. The predicted octanol–water partition coefficient (Wildman–Crippen LogP) is 2.98. The summed E-state index contributed by atoms with van der Waals surface area (Å²) in [5.74, 6) is -0.998. The molecule has 1 rings (SSSR count). The molecule has 0 saturated heterocycles. The summed E-state index contributed by atoms with van der Waals surface area (Å²) in [5.41, 5.74) is -0.204. The van der Waals surface area contributed by atoms with Gasteiger partial charge in [-0.3, -0.25) is 14.5 Å². The van der Waals surface area contributed by atoms with Crippen LogP contribution in [-0.2, 0) is 14.3 Å². The number of carbonyl (C=O) groups excluding carboxylic acids is 2. The van der Waals surface area contributed by atoms with E-state index in [2.05, 4.69) is 10.3 Å². The number of aliphatic hydroxyl groups is 1. The normalized spacial score (nSPS) is 15.2. The van der Waals surface area contributed by atoms with Crippen LogP contribution in [-0.4, -0.2) is 52.8 Å². The number of hydrogen-bond acceptors (Lipinski definition) is 6. The van der Waals surface area contributed by atoms with E-state index in [1.54, 1.807) is 39.0 Å². The zero-order valence-electron chi connectivity index (χ0n) is 18.1. The second-order valence-electron chi connectivity index (χ2n) is 8.15. The van der Waals surface area contributed by atoms with E-state index in [1.807, 2.05) is 26.2 Å². The highest BCUT2D eigenvalue weighted by Gasteiger charge is 2.31. The number of aliphatic hydroxyl groups excluding tert-OH is 1. The van der Waals surface area contributed by atoms with Gasteiger partial charge in [-0.15, -0.1) is 11.3 Å². The zero-order valence-corrected chi connectivity index (χ0v) is 18.9. The fraction of sp³-hybridized carbons (Fsp3) is 0.750. The molecule has 0 bridgehead atoms. The van der Waals surface area contributed by atoms with Crippen LogP contribution >= 0.6 is 11.3 Å². The van der Waals surface area contributed by atoms with Crippen molar-refractivity contribution in [2.75, 3.05) is 12.0 Å². The van der Waals surface area contributed by atoms with Crippen LogP contribution < -0.4 is 10.2 Å². The first kappa shape index (κ1) is 24.5. The molecule has 1 aromatic rings. The molecular formula is C20H35N3O4S. The Balaban J connectivity index is 2.84. The third kappa shape index (κ3) is 7.14. The smallest absolute Gasteiger partial charge is 0.251 e. The number of nitrogens with one attached hydrogen (secondary N) is 1. The van der Waals surface area contributed by atoms with E-state index < -0.39 is 18.1 Å². The first-order chi connectivity index (χ1) is 13.0. The van der Waals surface area contributed by atoms with Crippen LogP contribution in [0, 0.1) is 5.92 Å². The van der Waals surface area contributed by atoms with Crippen LogP contribution in [0.25, 0.3) is 0 Å². The lowest BCUT2D eigenvalue weighted by atomic mass is 9.99. The van der Waals surface area contributed by atoms with Crippen molar-refractivity contribution >= 4 is 28.3 Å². The largest absolute Gasteiger partial charge is 0.383 e. The Morgan fingerprint density at radius 3 is 2.46 bits per heavy atom. The zero-order chi connectivity index (χ0) is 21.5. The number of aromatic nitrogens is 1. The minimum Gasteiger partial charge on any atom is -0.383 e. The van der Waals surface area contributed by atoms with Crippen LogP contribution in [0.4, 0.5) is 5.13 Å². The molecule has 160 valence electrons. The molecule has 0 fully saturated rings. The van der Waals surface area contributed by atoms with Gasteiger partial charge in [0.05, 0.1) is 5.60 Å². The first-order valence-corrected chi connectivity index (χ1v) is 10.6. The standard InChI is InChI=1S/C20H35N3O4S/c1-13(2)16(24)17(25)22-15(4)18(26)23(19-21-11-12-28-19)14(3)9-8-10-20(5,6)27-7/h11-16,24H,8-10H2,1-7H3,(H,22,25). The monoisotopic (exact) mass is 413 g/mol. The van der Waals surface area contributed by atoms with Crippen molar-refractivity contribution in [1.82, 2.24) is 10.3 Å². The Kier molecular flexibility index (Phi) is 9.53. The number of anilines is 1. The minimum atomic E-state index is -1.14. The number of nitrogens with zero attached hydrogens (tertiary/aromatic N) is 2. The summed E-state index contributed by atoms with van der Waals surface area (Å²) in [4.78, 5) is 31.2. The third-order valence-electron chi connectivity index (χ3n) is 4.89. The van der Waals surface area contributed by atoms with Gasteiger partial charge in [-0.1, -0.05) is 13.8 Å². The van der Waals surface area contributed by atoms with E-state index >= 15 is 0 Å². The van der Waals surface area contributed by atoms with E-state index in [9.17, 15) is 14.7 Å². The summed E-state index contributed by atoms with van der Waals surface area (Å²) in [6, 6.07) is -0.844. The van der Waals surface area contributed by atoms with E-state index in [4.69, 9.17) is 4.74 Å². The van der Waals surface area contributed by atoms with Gasteiger partial charge in [-0.05, 0) is 52.9 Å². The molecule has 0 aliphatic heterocycles. The van der Waals surface area contributed by atoms with Crippen LogP contribution in [0.1, 0.15) is 60.8 Å². The molecule has 8 heteroatoms. The van der Waals surface area contributed by atoms with Crippen molar-refractivity contribution in [3.63, 3.8) is 0 Å². The summed E-state index contributed by atoms with van der Waals surface area (Å²) >= 11 is 1.39. The second kappa shape index (κ2) is 10.9. The molecule has 0 aliphatic rings. The summed E-state index contributed by atoms with van der Waals surface area (Å²) in [6.07, 6.45) is 3.07. The second-order valence-corrected chi connectivity index (χ2v) is 9.02. The molecule has 2 N–H and O–H groups in total. The van der Waals surface area contributed by atoms with Crippen molar-refractivity contribution in [3.8, 4) is 0 Å². The molecule has 0 radical (unpaired) electrons. The molecule has 0 aromatic carbocycles. The Bertz CT molecular complexity index is 619. The Hall–Kier alpha value is -1.51. The number of thiazole rings is 1. The SMILES string of the molecule is COC(C)(C)CCCC(C)N(C(=O)C(C)NC(=O)C(O)C(C)C)c1nccs1. The third-order valence-corrected chi connectivity index (χ3v) is 5.66. The van der Waals surface area contributed by atoms with Crippen molar-refractivity contribution in [2.24, 2.45) is 5.92 Å². The Labute approximate surface area is 172 Å². The van der Waals surface area contributed by atoms with Crippen LogP contribution in [0.5, 0.6) is 0 Å². The fourth-order valence-corrected chi connectivity index (χ4v) is 3.51. The highest BCUT2D eigenvalue weighted by molar-refractivity contribution is 7.13. The van der Waals surface area contributed by atoms with Gasteiger partial charge < -0.3 is 15.2 Å². The average Bonchev–Trinajstić information content (AvgIpc) is 3.14. The Morgan fingerprint density at radius 1 is 1.32 bits per heavy atom. The highest BCUT2D eigenvalue weighted by Crippen LogP contribution is 2.25. The number of ether oxygens (including phenoxy) is 1. The van der Waals surface area contributed by atoms with Crippen molar-refractivity contribution in [3.05, 3.63) is 11.6 Å². The molecule has 2 amide bonds. The predicted molar refractivity (Wildman–Crippen MR) is 112 cm³/mol. The van der Waals surface area contributed by atoms with Gasteiger partial charge >= 0.3 is 0 Å². The van der Waals surface area contributed by atoms with Gasteiger partial charge in [-0.25, -0.2) is 4.98 Å². The van der Waals surface area contributed by atoms with E-state index in [0.717, 1.165) is 19.3 Å². The molecule has 0 saturated carbocycles. The Morgan fingerprint density at radius 2 is 1.96 bits per heavy atom. The van der Waals surface area contributed by atoms with Gasteiger partial charge in [0.1, 0.15) is 12.1 Å². The number of amides is 2. The molecule has 7 nitrogen and oxygen atoms in total. The number of methoxy groups -OCH3 is 1. The molecule has 3 unspecified atom stereocenters. The summed E-state index contributed by atoms with van der Waals surface area (Å²) in [5, 5.41) is 15.0. The van der Waals surface area contributed by atoms with Gasteiger partial charge in [0, 0.05) is 24.7 Å². The van der Waals surface area contributed by atoms with Gasteiger partial charge in [0.15, 0.2) is 5.13 Å². The van der Waals surface area contributed by atoms with Gasteiger partial charge in [-0.2, -0.15) is 0 Å². The maximum atomic E-state index is 13.1. The maximum absolute atomic E-state index is 13.1. The number of rotatable bonds is 11. The molecule has 1 heterocycles. The van der Waals surface area contributed by atoms with Gasteiger partial charge in [0.2, 0.25) is 5.91 Å². The minimum absolute atomic E-state index is 0.0827. The van der Waals surface area contributed by atoms with Crippen molar-refractivity contribution in [1.29, 1.82) is 0 Å². The van der Waals surface area contributed by atoms with E-state index in [1.165, 1.54) is 11.3 Å². The summed E-state index contributed by atoms with van der Waals surface area (Å²) in [6.45, 7) is 11.2. The van der Waals surface area contributed by atoms with E-state index in [-0.39, 0.29) is 23.5 Å². The van der Waals surface area contributed by atoms with Crippen LogP contribution in [0.15, 0.2) is 11.6 Å². The number of carbonyl (C=O) groups is 2. The summed E-state index contributed by atoms with van der Waals surface area (Å²) in [7, 11) is 1.70. The van der Waals surface area contributed by atoms with Crippen LogP contribution in [0.2, 0.25) is 0 Å². The molecule has 3 atom stereocenters. The van der Waals surface area contributed by atoms with E-state index in [0.29, 0.717) is 5.13 Å². The average molecular weight is 414 g/mol. The lowest BCUT2D eigenvalue weighted by Crippen LogP contribution is -2.52. The molecule has 0 aliphatic carbocycles. The molecule has 1 aromatic heterocycles. The lowest BCUT2D eigenvalue weighted by molar-refractivity contribution is -0.134. The highest BCUT2D eigenvalue weighted by atomic mass is 32.1.